The van der Waals surface area contributed by atoms with Crippen LogP contribution in [0.4, 0.5) is 8.78 Å². The van der Waals surface area contributed by atoms with Crippen molar-refractivity contribution in [2.75, 3.05) is 7.15 Å². The zero-order valence-corrected chi connectivity index (χ0v) is 82.7. The van der Waals surface area contributed by atoms with E-state index >= 15 is 4.39 Å². The third-order valence-electron chi connectivity index (χ3n) is 21.3. The molecule has 7 aromatic heterocycles. The molecule has 0 fully saturated rings. The first-order valence-corrected chi connectivity index (χ1v) is 40.4. The molecule has 0 spiro atoms. The third-order valence-corrected chi connectivity index (χ3v) is 21.3. The van der Waals surface area contributed by atoms with E-state index in [1.807, 2.05) is 170 Å². The molecule has 0 aliphatic heterocycles. The molecule has 22 heteroatoms. The van der Waals surface area contributed by atoms with E-state index in [4.69, 9.17) is 72.6 Å². The molecule has 0 saturated carbocycles. The van der Waals surface area contributed by atoms with Crippen molar-refractivity contribution < 1.29 is 201 Å². The number of para-hydroxylation sites is 3. The molecule has 1 aliphatic rings. The number of hydrogen-bond donors (Lipinski definition) is 0. The zero-order chi connectivity index (χ0) is 107. The average Bonchev–Trinajstić information content (AvgIpc) is 1.54. The first-order valence-electron chi connectivity index (χ1n) is 51.1. The van der Waals surface area contributed by atoms with E-state index in [0.717, 1.165) is 78.5 Å². The number of hydrogen-bond acceptors (Lipinski definition) is 17. The van der Waals surface area contributed by atoms with Gasteiger partial charge in [0.1, 0.15) is 28.1 Å². The molecule has 628 valence electrons. The Labute approximate surface area is 910 Å². The number of carbonyl (C=O) groups excluding carboxylic acids is 1. The van der Waals surface area contributed by atoms with Gasteiger partial charge in [-0.25, -0.2) is 64.2 Å². The number of furan rings is 2. The molecule has 18 nitrogen and oxygen atoms in total. The Morgan fingerprint density at radius 1 is 0.331 bits per heavy atom. The number of nitrogens with zero attached hydrogens (tertiary/aromatic N) is 13. The van der Waals surface area contributed by atoms with Crippen molar-refractivity contribution in [3.8, 4) is 153 Å². The van der Waals surface area contributed by atoms with Gasteiger partial charge in [-0.2, -0.15) is 0 Å². The van der Waals surface area contributed by atoms with Crippen LogP contribution < -0.4 is 143 Å². The van der Waals surface area contributed by atoms with Crippen molar-refractivity contribution in [1.82, 2.24) is 64.4 Å². The van der Waals surface area contributed by atoms with Crippen molar-refractivity contribution in [1.29, 1.82) is 0 Å². The van der Waals surface area contributed by atoms with Gasteiger partial charge in [0.05, 0.1) is 58.2 Å². The van der Waals surface area contributed by atoms with Crippen molar-refractivity contribution in [2.45, 2.75) is 6.42 Å². The van der Waals surface area contributed by atoms with E-state index in [1.54, 1.807) is 36.4 Å². The summed E-state index contributed by atoms with van der Waals surface area (Å²) in [6.45, 7) is -0.181. The van der Waals surface area contributed by atoms with E-state index < -0.39 is 157 Å². The number of halogens is 2. The van der Waals surface area contributed by atoms with Gasteiger partial charge in [0.15, 0.2) is 69.9 Å². The van der Waals surface area contributed by atoms with Crippen molar-refractivity contribution >= 4 is 72.2 Å². The summed E-state index contributed by atoms with van der Waals surface area (Å²) in [7, 11) is -1.00. The predicted octanol–water partition coefficient (Wildman–Crippen LogP) is 19.6. The number of fused-ring (bicyclic) bond motifs is 14. The van der Waals surface area contributed by atoms with Gasteiger partial charge < -0.3 is 25.0 Å². The maximum atomic E-state index is 15.8. The smallest absolute Gasteiger partial charge is 1.00 e. The number of benzene rings is 16. The molecular weight excluding hydrogens is 1900 g/mol. The summed E-state index contributed by atoms with van der Waals surface area (Å²) >= 11 is 0. The molecule has 0 atom stereocenters. The molecule has 1 aliphatic carbocycles. The topological polar surface area (TPSA) is 235 Å². The first kappa shape index (κ1) is 67.5. The predicted molar refractivity (Wildman–Crippen MR) is 510 cm³/mol. The standard InChI is InChI=1S/C54H33N7O.C36H23FN6.C19H12O.CH3F.CH2O3.2Cs.H/c1-5-17-34(18-6-1)49-55-50(35-19-7-2-8-20-35)58-53(57-49)38-29-30-43(41(33-38)54-59-51(36-21-9-3-10-22-36)56-52(60-54)37-23-11-4-12-24-37)61-42-27-15-13-25-39(42)47-44(61)31-32-46-48(47)40-26-14-16-28-45(40)62-46;37-30-22-21-28(35-40-31(24-13-5-1-6-14-24)38-32(41-35)25-15-7-2-8-16-25)23-29(30)36-42-33(26-17-9-3-10-18-26)39-34(43-36)27-19-11-4-12-20-27;1-2-6-14-12(5-1)11-13-9-10-17-19(18(13)14)15-7-3-4-8-16(15)20-17;1-2;2-1-4-3;;;/h1-33H;1-23H;1-10H,11H2;1H3;1,3H;;;/q;;;;;2*+1;-1/p-1/i1D,2D,5D,6D,7D,8D,17D,18D,19D,20D;1D,2D,5D,6D,7D,8D,13D,14D,15D,16D;;1D;;;;. The van der Waals surface area contributed by atoms with E-state index in [0.29, 0.717) is 39.6 Å². The van der Waals surface area contributed by atoms with Gasteiger partial charge >= 0.3 is 138 Å². The number of aromatic nitrogens is 13. The summed E-state index contributed by atoms with van der Waals surface area (Å²) in [6, 6.07) is 74.6. The molecule has 7 heterocycles. The second-order valence-electron chi connectivity index (χ2n) is 29.0. The van der Waals surface area contributed by atoms with Crippen LogP contribution in [-0.4, -0.2) is 78.0 Å². The molecule has 133 heavy (non-hydrogen) atoms. The monoisotopic (exact) mass is 1990 g/mol. The molecule has 0 amide bonds. The van der Waals surface area contributed by atoms with Gasteiger partial charge in [-0.05, 0) is 101 Å². The van der Waals surface area contributed by atoms with Crippen LogP contribution >= 0.6 is 0 Å². The van der Waals surface area contributed by atoms with E-state index in [9.17, 15) is 4.39 Å². The van der Waals surface area contributed by atoms with Crippen LogP contribution in [0.25, 0.3) is 219 Å². The molecule has 24 rings (SSSR count). The summed E-state index contributed by atoms with van der Waals surface area (Å²) in [5.74, 6) is -1.21. The average molecular weight is 1990 g/mol. The summed E-state index contributed by atoms with van der Waals surface area (Å²) in [6.07, 6.45) is 1.03. The largest absolute Gasteiger partial charge is 1.00 e. The molecule has 0 saturated heterocycles. The fraction of sp³-hybridized carbons (Fsp3) is 0.0180. The SMILES string of the molecule is O=CO[O-].[2H]CF.[2H]c1c([2H])c([2H])c(-c2nc(-c3ccc(-n4c5ccccc5c5c6c(ccc54)oc4ccccc46)c(-c4nc(-c5ccccc5)nc(-c5ccccc5)n4)c3)nc(-c3c([2H])c([2H])c([2H])c([2H])c3[2H])n2)c([2H])c1[2H].[2H]c1c([2H])c([2H])c(-c2nc(-c3ccc(F)c(-c4nc(-c5ccccc5)nc(-c5ccccc5)n4)c3)nc(-c3c([2H])c([2H])c([2H])c([2H])c3[2H])n2)c([2H])c1[2H].[Cs+].[Cs+].[H-].c1ccc2c(c1)Cc1ccc3oc4ccccc4c3c1-2. The normalized spacial score (nSPS) is 13.2. The molecule has 0 unspecified atom stereocenters. The van der Waals surface area contributed by atoms with Crippen LogP contribution in [-0.2, 0) is 16.1 Å². The van der Waals surface area contributed by atoms with E-state index in [2.05, 4.69) is 98.9 Å². The van der Waals surface area contributed by atoms with Gasteiger partial charge in [0.25, 0.3) is 6.47 Å². The van der Waals surface area contributed by atoms with Crippen LogP contribution in [0, 0.1) is 5.82 Å². The van der Waals surface area contributed by atoms with Crippen LogP contribution in [0.3, 0.4) is 0 Å². The number of carbonyl (C=O) groups is 1. The fourth-order valence-electron chi connectivity index (χ4n) is 15.6. The first-order chi connectivity index (χ1) is 73.5. The van der Waals surface area contributed by atoms with Gasteiger partial charge in [-0.15, -0.1) is 0 Å². The van der Waals surface area contributed by atoms with Crippen molar-refractivity contribution in [2.24, 2.45) is 0 Å². The summed E-state index contributed by atoms with van der Waals surface area (Å²) in [5.41, 5.74) is 13.3. The summed E-state index contributed by atoms with van der Waals surface area (Å²) in [5, 5.41) is 14.7. The molecule has 16 aromatic carbocycles. The third kappa shape index (κ3) is 18.9. The Morgan fingerprint density at radius 3 is 1.11 bits per heavy atom. The second-order valence-corrected chi connectivity index (χ2v) is 29.0. The van der Waals surface area contributed by atoms with Crippen LogP contribution in [0.2, 0.25) is 0 Å². The minimum atomic E-state index is -1.00. The second kappa shape index (κ2) is 41.4. The van der Waals surface area contributed by atoms with Gasteiger partial charge in [0.2, 0.25) is 0 Å². The maximum absolute atomic E-state index is 15.8. The minimum absolute atomic E-state index is 0. The van der Waals surface area contributed by atoms with Gasteiger partial charge in [0, 0.05) is 93.5 Å². The van der Waals surface area contributed by atoms with E-state index in [-0.39, 0.29) is 215 Å². The van der Waals surface area contributed by atoms with E-state index in [1.165, 1.54) is 45.2 Å². The quantitative estimate of drug-likeness (QED) is 0.0559. The molecule has 0 bridgehead atoms. The Hall–Kier alpha value is -13.6. The van der Waals surface area contributed by atoms with Crippen molar-refractivity contribution in [3.05, 3.63) is 417 Å². The van der Waals surface area contributed by atoms with Crippen LogP contribution in [0.15, 0.2) is 409 Å². The Balaban J connectivity index is 0.000000170. The Kier molecular flexibility index (Phi) is 21.0. The zero-order valence-electron chi connectivity index (χ0n) is 92.2. The molecular formula is C111H73Cs2F2N13O5. The number of alkyl halides is 1. The Morgan fingerprint density at radius 2 is 0.669 bits per heavy atom. The van der Waals surface area contributed by atoms with Crippen molar-refractivity contribution in [3.63, 3.8) is 0 Å². The van der Waals surface area contributed by atoms with Gasteiger partial charge in [-0.1, -0.05) is 327 Å². The summed E-state index contributed by atoms with van der Waals surface area (Å²) < 4.78 is 215. The number of rotatable bonds is 14. The molecule has 0 radical (unpaired) electrons. The minimum Gasteiger partial charge on any atom is -1.00 e. The fourth-order valence-corrected chi connectivity index (χ4v) is 15.6. The summed E-state index contributed by atoms with van der Waals surface area (Å²) in [4.78, 5) is 67.5. The molecule has 0 N–H and O–H groups in total. The van der Waals surface area contributed by atoms with Gasteiger partial charge in [-0.3, -0.25) is 9.18 Å². The van der Waals surface area contributed by atoms with Crippen LogP contribution in [0.5, 0.6) is 0 Å². The van der Waals surface area contributed by atoms with Crippen LogP contribution in [0.1, 0.15) is 41.3 Å². The maximum Gasteiger partial charge on any atom is 1.00 e. The Bertz CT molecular complexity index is 9100. The molecule has 23 aromatic rings.